The molecule has 106 valence electrons. The lowest BCUT2D eigenvalue weighted by Gasteiger charge is -2.06. The van der Waals surface area contributed by atoms with Gasteiger partial charge in [0, 0.05) is 16.0 Å². The minimum atomic E-state index is -0.351. The van der Waals surface area contributed by atoms with E-state index in [1.807, 2.05) is 24.3 Å². The van der Waals surface area contributed by atoms with Gasteiger partial charge in [0.05, 0.1) is 11.3 Å². The highest BCUT2D eigenvalue weighted by molar-refractivity contribution is 7.98. The summed E-state index contributed by atoms with van der Waals surface area (Å²) in [6.07, 6.45) is 0. The summed E-state index contributed by atoms with van der Waals surface area (Å²) in [6, 6.07) is 12.0. The lowest BCUT2D eigenvalue weighted by Crippen LogP contribution is -2.00. The SMILES string of the molecule is Nc1cc(F)cc(SCc2nc(N)c3ccccc3n2)c1. The number of thioether (sulfide) groups is 1. The molecule has 4 N–H and O–H groups in total. The van der Waals surface area contributed by atoms with Crippen molar-refractivity contribution in [3.63, 3.8) is 0 Å². The molecule has 0 fully saturated rings. The third kappa shape index (κ3) is 3.05. The van der Waals surface area contributed by atoms with Crippen molar-refractivity contribution in [3.05, 3.63) is 54.1 Å². The van der Waals surface area contributed by atoms with Gasteiger partial charge in [-0.1, -0.05) is 12.1 Å². The van der Waals surface area contributed by atoms with Gasteiger partial charge in [0.15, 0.2) is 0 Å². The molecule has 3 rings (SSSR count). The Morgan fingerprint density at radius 3 is 2.67 bits per heavy atom. The average Bonchev–Trinajstić information content (AvgIpc) is 2.44. The molecule has 1 heterocycles. The van der Waals surface area contributed by atoms with Crippen LogP contribution >= 0.6 is 11.8 Å². The zero-order valence-corrected chi connectivity index (χ0v) is 11.9. The highest BCUT2D eigenvalue weighted by atomic mass is 32.2. The van der Waals surface area contributed by atoms with Gasteiger partial charge < -0.3 is 11.5 Å². The first-order valence-corrected chi connectivity index (χ1v) is 7.30. The molecule has 0 aliphatic heterocycles. The summed E-state index contributed by atoms with van der Waals surface area (Å²) in [5.74, 6) is 1.21. The largest absolute Gasteiger partial charge is 0.399 e. The fourth-order valence-corrected chi connectivity index (χ4v) is 2.87. The number of nitrogens with two attached hydrogens (primary N) is 2. The molecule has 0 aliphatic carbocycles. The molecule has 0 atom stereocenters. The zero-order valence-electron chi connectivity index (χ0n) is 11.1. The van der Waals surface area contributed by atoms with Gasteiger partial charge in [0.2, 0.25) is 0 Å². The molecule has 4 nitrogen and oxygen atoms in total. The van der Waals surface area contributed by atoms with E-state index in [4.69, 9.17) is 11.5 Å². The molecule has 3 aromatic rings. The number of nitrogen functional groups attached to an aromatic ring is 2. The lowest BCUT2D eigenvalue weighted by molar-refractivity contribution is 0.625. The number of rotatable bonds is 3. The first-order chi connectivity index (χ1) is 10.1. The van der Waals surface area contributed by atoms with Crippen molar-refractivity contribution in [1.29, 1.82) is 0 Å². The van der Waals surface area contributed by atoms with Crippen LogP contribution in [0.25, 0.3) is 10.9 Å². The van der Waals surface area contributed by atoms with Crippen molar-refractivity contribution in [1.82, 2.24) is 9.97 Å². The minimum absolute atomic E-state index is 0.351. The maximum atomic E-state index is 13.3. The Morgan fingerprint density at radius 2 is 1.86 bits per heavy atom. The van der Waals surface area contributed by atoms with Gasteiger partial charge in [-0.3, -0.25) is 0 Å². The van der Waals surface area contributed by atoms with E-state index in [0.717, 1.165) is 15.8 Å². The van der Waals surface area contributed by atoms with Crippen molar-refractivity contribution in [3.8, 4) is 0 Å². The fraction of sp³-hybridized carbons (Fsp3) is 0.0667. The second-order valence-corrected chi connectivity index (χ2v) is 5.60. The summed E-state index contributed by atoms with van der Waals surface area (Å²) < 4.78 is 13.3. The summed E-state index contributed by atoms with van der Waals surface area (Å²) in [5, 5.41) is 0.834. The van der Waals surface area contributed by atoms with Gasteiger partial charge in [-0.2, -0.15) is 0 Å². The van der Waals surface area contributed by atoms with Crippen LogP contribution in [0.2, 0.25) is 0 Å². The van der Waals surface area contributed by atoms with Crippen molar-refractivity contribution in [2.45, 2.75) is 10.6 Å². The van der Waals surface area contributed by atoms with Crippen molar-refractivity contribution in [2.24, 2.45) is 0 Å². The number of hydrogen-bond donors (Lipinski definition) is 2. The Kier molecular flexibility index (Phi) is 3.62. The first-order valence-electron chi connectivity index (χ1n) is 6.32. The molecule has 21 heavy (non-hydrogen) atoms. The summed E-state index contributed by atoms with van der Waals surface area (Å²) in [5.41, 5.74) is 12.8. The van der Waals surface area contributed by atoms with E-state index in [0.29, 0.717) is 23.1 Å². The van der Waals surface area contributed by atoms with Gasteiger partial charge in [0.1, 0.15) is 17.5 Å². The molecule has 2 aromatic carbocycles. The van der Waals surface area contributed by atoms with Gasteiger partial charge in [-0.25, -0.2) is 14.4 Å². The second-order valence-electron chi connectivity index (χ2n) is 4.55. The molecule has 0 saturated carbocycles. The van der Waals surface area contributed by atoms with Crippen molar-refractivity contribution < 1.29 is 4.39 Å². The predicted octanol–water partition coefficient (Wildman–Crippen LogP) is 3.23. The van der Waals surface area contributed by atoms with Gasteiger partial charge in [0.25, 0.3) is 0 Å². The van der Waals surface area contributed by atoms with Crippen LogP contribution in [0.15, 0.2) is 47.4 Å². The van der Waals surface area contributed by atoms with E-state index in [1.165, 1.54) is 23.9 Å². The van der Waals surface area contributed by atoms with Gasteiger partial charge in [-0.15, -0.1) is 11.8 Å². The Balaban J connectivity index is 1.85. The molecular weight excluding hydrogens is 287 g/mol. The third-order valence-electron chi connectivity index (χ3n) is 2.94. The maximum Gasteiger partial charge on any atom is 0.141 e. The zero-order chi connectivity index (χ0) is 14.8. The van der Waals surface area contributed by atoms with E-state index in [2.05, 4.69) is 9.97 Å². The molecule has 0 saturated heterocycles. The van der Waals surface area contributed by atoms with E-state index >= 15 is 0 Å². The number of aromatic nitrogens is 2. The quantitative estimate of drug-likeness (QED) is 0.573. The molecule has 0 amide bonds. The number of benzene rings is 2. The van der Waals surface area contributed by atoms with Crippen LogP contribution in [-0.4, -0.2) is 9.97 Å². The van der Waals surface area contributed by atoms with Crippen LogP contribution < -0.4 is 11.5 Å². The summed E-state index contributed by atoms with van der Waals surface area (Å²) in [4.78, 5) is 9.48. The lowest BCUT2D eigenvalue weighted by atomic mass is 10.2. The second kappa shape index (κ2) is 5.57. The van der Waals surface area contributed by atoms with E-state index in [1.54, 1.807) is 6.07 Å². The summed E-state index contributed by atoms with van der Waals surface area (Å²) >= 11 is 1.42. The Morgan fingerprint density at radius 1 is 1.05 bits per heavy atom. The highest BCUT2D eigenvalue weighted by Crippen LogP contribution is 2.26. The maximum absolute atomic E-state index is 13.3. The fourth-order valence-electron chi connectivity index (χ4n) is 2.03. The Bertz CT molecular complexity index is 787. The number of para-hydroxylation sites is 1. The molecular formula is C15H13FN4S. The number of nitrogens with zero attached hydrogens (tertiary/aromatic N) is 2. The van der Waals surface area contributed by atoms with Crippen molar-refractivity contribution in [2.75, 3.05) is 11.5 Å². The summed E-state index contributed by atoms with van der Waals surface area (Å²) in [7, 11) is 0. The number of anilines is 2. The average molecular weight is 300 g/mol. The van der Waals surface area contributed by atoms with Crippen LogP contribution in [0.1, 0.15) is 5.82 Å². The third-order valence-corrected chi connectivity index (χ3v) is 3.91. The summed E-state index contributed by atoms with van der Waals surface area (Å²) in [6.45, 7) is 0. The van der Waals surface area contributed by atoms with Crippen LogP contribution in [0, 0.1) is 5.82 Å². The molecule has 6 heteroatoms. The standard InChI is InChI=1S/C15H13FN4S/c16-9-5-10(17)7-11(6-9)21-8-14-19-13-4-2-1-3-12(13)15(18)20-14/h1-7H,8,17H2,(H2,18,19,20). The minimum Gasteiger partial charge on any atom is -0.399 e. The van der Waals surface area contributed by atoms with E-state index in [9.17, 15) is 4.39 Å². The molecule has 0 spiro atoms. The predicted molar refractivity (Wildman–Crippen MR) is 84.3 cm³/mol. The first kappa shape index (κ1) is 13.6. The number of halogens is 1. The van der Waals surface area contributed by atoms with Crippen LogP contribution in [-0.2, 0) is 5.75 Å². The van der Waals surface area contributed by atoms with Crippen LogP contribution in [0.3, 0.4) is 0 Å². The van der Waals surface area contributed by atoms with Gasteiger partial charge in [-0.05, 0) is 30.3 Å². The molecule has 1 aromatic heterocycles. The monoisotopic (exact) mass is 300 g/mol. The van der Waals surface area contributed by atoms with Crippen LogP contribution in [0.5, 0.6) is 0 Å². The molecule has 0 aliphatic rings. The molecule has 0 radical (unpaired) electrons. The van der Waals surface area contributed by atoms with Crippen molar-refractivity contribution >= 4 is 34.2 Å². The van der Waals surface area contributed by atoms with E-state index < -0.39 is 0 Å². The Hall–Kier alpha value is -2.34. The number of fused-ring (bicyclic) bond motifs is 1. The Labute approximate surface area is 125 Å². The molecule has 0 unspecified atom stereocenters. The van der Waals surface area contributed by atoms with E-state index in [-0.39, 0.29) is 5.82 Å². The topological polar surface area (TPSA) is 77.8 Å². The van der Waals surface area contributed by atoms with Gasteiger partial charge >= 0.3 is 0 Å². The normalized spacial score (nSPS) is 10.9. The highest BCUT2D eigenvalue weighted by Gasteiger charge is 2.06. The smallest absolute Gasteiger partial charge is 0.141 e. The van der Waals surface area contributed by atoms with Crippen LogP contribution in [0.4, 0.5) is 15.9 Å². The molecule has 0 bridgehead atoms. The number of hydrogen-bond acceptors (Lipinski definition) is 5.